The van der Waals surface area contributed by atoms with Crippen LogP contribution in [0.4, 0.5) is 0 Å². The fraction of sp³-hybridized carbons (Fsp3) is 0.0588. The SMILES string of the molecule is COc1ccc(C2=CSc3nnc(-c4ccc(Cl)c(Cl)c4)n3N2)cc1. The van der Waals surface area contributed by atoms with Crippen LogP contribution in [0.2, 0.25) is 10.0 Å². The predicted molar refractivity (Wildman–Crippen MR) is 102 cm³/mol. The summed E-state index contributed by atoms with van der Waals surface area (Å²) < 4.78 is 7.04. The molecule has 25 heavy (non-hydrogen) atoms. The molecule has 0 aliphatic carbocycles. The Hall–Kier alpha value is -2.15. The molecule has 4 rings (SSSR count). The van der Waals surface area contributed by atoms with Crippen LogP contribution in [0, 0.1) is 0 Å². The van der Waals surface area contributed by atoms with Gasteiger partial charge in [-0.25, -0.2) is 4.68 Å². The highest BCUT2D eigenvalue weighted by Gasteiger charge is 2.20. The van der Waals surface area contributed by atoms with Gasteiger partial charge in [-0.05, 0) is 42.5 Å². The highest BCUT2D eigenvalue weighted by Crippen LogP contribution is 2.33. The van der Waals surface area contributed by atoms with Gasteiger partial charge in [0.15, 0.2) is 5.82 Å². The lowest BCUT2D eigenvalue weighted by Gasteiger charge is -2.19. The highest BCUT2D eigenvalue weighted by atomic mass is 35.5. The zero-order chi connectivity index (χ0) is 17.4. The van der Waals surface area contributed by atoms with Crippen molar-refractivity contribution < 1.29 is 4.74 Å². The van der Waals surface area contributed by atoms with E-state index in [4.69, 9.17) is 27.9 Å². The van der Waals surface area contributed by atoms with E-state index >= 15 is 0 Å². The van der Waals surface area contributed by atoms with Crippen molar-refractivity contribution in [2.45, 2.75) is 5.16 Å². The normalized spacial score (nSPS) is 13.0. The van der Waals surface area contributed by atoms with Crippen molar-refractivity contribution in [1.29, 1.82) is 0 Å². The molecule has 8 heteroatoms. The van der Waals surface area contributed by atoms with Crippen LogP contribution in [0.25, 0.3) is 17.1 Å². The van der Waals surface area contributed by atoms with Crippen molar-refractivity contribution in [2.24, 2.45) is 0 Å². The molecule has 0 saturated heterocycles. The second kappa shape index (κ2) is 6.63. The number of aromatic nitrogens is 3. The molecule has 0 bridgehead atoms. The lowest BCUT2D eigenvalue weighted by atomic mass is 10.2. The molecule has 0 radical (unpaired) electrons. The molecule has 1 aromatic heterocycles. The number of hydrogen-bond acceptors (Lipinski definition) is 5. The van der Waals surface area contributed by atoms with Crippen LogP contribution in [0.3, 0.4) is 0 Å². The van der Waals surface area contributed by atoms with Gasteiger partial charge in [-0.2, -0.15) is 0 Å². The second-order valence-corrected chi connectivity index (χ2v) is 6.91. The van der Waals surface area contributed by atoms with E-state index in [0.29, 0.717) is 15.9 Å². The number of nitrogens with one attached hydrogen (secondary N) is 1. The van der Waals surface area contributed by atoms with E-state index in [1.165, 1.54) is 11.8 Å². The van der Waals surface area contributed by atoms with Crippen molar-refractivity contribution in [3.8, 4) is 17.1 Å². The van der Waals surface area contributed by atoms with Gasteiger partial charge in [0, 0.05) is 16.5 Å². The first-order valence-electron chi connectivity index (χ1n) is 7.35. The van der Waals surface area contributed by atoms with Crippen molar-refractivity contribution in [2.75, 3.05) is 12.5 Å². The Bertz CT molecular complexity index is 969. The van der Waals surface area contributed by atoms with Crippen LogP contribution in [0.1, 0.15) is 5.56 Å². The first kappa shape index (κ1) is 16.3. The Morgan fingerprint density at radius 3 is 2.48 bits per heavy atom. The van der Waals surface area contributed by atoms with E-state index in [-0.39, 0.29) is 0 Å². The molecule has 5 nitrogen and oxygen atoms in total. The number of methoxy groups -OCH3 is 1. The Morgan fingerprint density at radius 1 is 1.00 bits per heavy atom. The van der Waals surface area contributed by atoms with Gasteiger partial charge >= 0.3 is 0 Å². The number of thioether (sulfide) groups is 1. The molecule has 0 atom stereocenters. The highest BCUT2D eigenvalue weighted by molar-refractivity contribution is 8.02. The lowest BCUT2D eigenvalue weighted by molar-refractivity contribution is 0.415. The summed E-state index contributed by atoms with van der Waals surface area (Å²) >= 11 is 13.6. The Balaban J connectivity index is 1.67. The Morgan fingerprint density at radius 2 is 1.76 bits per heavy atom. The zero-order valence-electron chi connectivity index (χ0n) is 13.0. The molecular weight excluding hydrogens is 379 g/mol. The summed E-state index contributed by atoms with van der Waals surface area (Å²) in [6, 6.07) is 13.2. The van der Waals surface area contributed by atoms with Crippen molar-refractivity contribution in [3.63, 3.8) is 0 Å². The third-order valence-electron chi connectivity index (χ3n) is 3.73. The van der Waals surface area contributed by atoms with Crippen molar-refractivity contribution >= 4 is 40.7 Å². The van der Waals surface area contributed by atoms with Gasteiger partial charge in [-0.15, -0.1) is 10.2 Å². The van der Waals surface area contributed by atoms with Crippen LogP contribution < -0.4 is 10.2 Å². The minimum Gasteiger partial charge on any atom is -0.497 e. The molecule has 1 aliphatic rings. The summed E-state index contributed by atoms with van der Waals surface area (Å²) in [5.74, 6) is 1.48. The molecule has 0 amide bonds. The minimum atomic E-state index is 0.478. The predicted octanol–water partition coefficient (Wildman–Crippen LogP) is 4.91. The summed E-state index contributed by atoms with van der Waals surface area (Å²) in [5, 5.41) is 12.2. The van der Waals surface area contributed by atoms with E-state index < -0.39 is 0 Å². The fourth-order valence-electron chi connectivity index (χ4n) is 2.43. The van der Waals surface area contributed by atoms with Gasteiger partial charge in [0.1, 0.15) is 5.75 Å². The minimum absolute atomic E-state index is 0.478. The number of ether oxygens (including phenoxy) is 1. The van der Waals surface area contributed by atoms with Gasteiger partial charge in [0.25, 0.3) is 0 Å². The smallest absolute Gasteiger partial charge is 0.214 e. The molecule has 0 fully saturated rings. The molecule has 0 spiro atoms. The molecule has 0 saturated carbocycles. The maximum Gasteiger partial charge on any atom is 0.214 e. The van der Waals surface area contributed by atoms with Crippen LogP contribution in [-0.2, 0) is 0 Å². The van der Waals surface area contributed by atoms with Crippen LogP contribution in [0.15, 0.2) is 53.0 Å². The molecule has 2 aromatic carbocycles. The quantitative estimate of drug-likeness (QED) is 0.688. The maximum atomic E-state index is 6.13. The lowest BCUT2D eigenvalue weighted by Crippen LogP contribution is -2.18. The average molecular weight is 391 g/mol. The number of hydrogen-bond donors (Lipinski definition) is 1. The Kier molecular flexibility index (Phi) is 4.33. The van der Waals surface area contributed by atoms with Gasteiger partial charge in [0.2, 0.25) is 5.16 Å². The summed E-state index contributed by atoms with van der Waals surface area (Å²) in [6.07, 6.45) is 0. The van der Waals surface area contributed by atoms with Gasteiger partial charge in [-0.1, -0.05) is 35.0 Å². The standard InChI is InChI=1S/C17H12Cl2N4OS/c1-24-12-5-2-10(3-6-12)15-9-25-17-21-20-16(23(17)22-15)11-4-7-13(18)14(19)8-11/h2-9,22H,1H3. The monoisotopic (exact) mass is 390 g/mol. The summed E-state index contributed by atoms with van der Waals surface area (Å²) in [6.45, 7) is 0. The number of benzene rings is 2. The van der Waals surface area contributed by atoms with Crippen LogP contribution in [0.5, 0.6) is 5.75 Å². The summed E-state index contributed by atoms with van der Waals surface area (Å²) in [4.78, 5) is 0. The summed E-state index contributed by atoms with van der Waals surface area (Å²) in [5.41, 5.74) is 6.16. The van der Waals surface area contributed by atoms with E-state index in [1.54, 1.807) is 19.2 Å². The average Bonchev–Trinajstić information content (AvgIpc) is 3.07. The van der Waals surface area contributed by atoms with Crippen molar-refractivity contribution in [3.05, 3.63) is 63.5 Å². The number of fused-ring (bicyclic) bond motifs is 1. The largest absolute Gasteiger partial charge is 0.497 e. The van der Waals surface area contributed by atoms with Crippen LogP contribution >= 0.6 is 35.0 Å². The van der Waals surface area contributed by atoms with Crippen molar-refractivity contribution in [1.82, 2.24) is 14.9 Å². The topological polar surface area (TPSA) is 52.0 Å². The molecule has 1 aliphatic heterocycles. The number of rotatable bonds is 3. The molecule has 2 heterocycles. The van der Waals surface area contributed by atoms with E-state index in [1.807, 2.05) is 40.4 Å². The van der Waals surface area contributed by atoms with Crippen LogP contribution in [-0.4, -0.2) is 22.0 Å². The molecule has 0 unspecified atom stereocenters. The van der Waals surface area contributed by atoms with Gasteiger partial charge in [-0.3, -0.25) is 5.43 Å². The fourth-order valence-corrected chi connectivity index (χ4v) is 3.47. The first-order valence-corrected chi connectivity index (χ1v) is 8.98. The second-order valence-electron chi connectivity index (χ2n) is 5.26. The Labute approximate surface area is 158 Å². The number of halogens is 2. The van der Waals surface area contributed by atoms with E-state index in [0.717, 1.165) is 27.7 Å². The maximum absolute atomic E-state index is 6.13. The van der Waals surface area contributed by atoms with Gasteiger partial charge < -0.3 is 4.74 Å². The van der Waals surface area contributed by atoms with E-state index in [9.17, 15) is 0 Å². The first-order chi connectivity index (χ1) is 12.2. The molecule has 126 valence electrons. The molecule has 3 aromatic rings. The van der Waals surface area contributed by atoms with Gasteiger partial charge in [0.05, 0.1) is 22.9 Å². The zero-order valence-corrected chi connectivity index (χ0v) is 15.4. The third-order valence-corrected chi connectivity index (χ3v) is 5.29. The molecule has 1 N–H and O–H groups in total. The number of nitrogens with zero attached hydrogens (tertiary/aromatic N) is 3. The summed E-state index contributed by atoms with van der Waals surface area (Å²) in [7, 11) is 1.65. The third kappa shape index (κ3) is 3.08. The molecular formula is C17H12Cl2N4OS. The van der Waals surface area contributed by atoms with E-state index in [2.05, 4.69) is 15.6 Å².